The van der Waals surface area contributed by atoms with Crippen molar-refractivity contribution in [3.8, 4) is 0 Å². The Bertz CT molecular complexity index is 935. The molecule has 0 spiro atoms. The number of hydrogen-bond donors (Lipinski definition) is 3. The molecule has 2 rings (SSSR count). The minimum absolute atomic E-state index is 0.0349. The van der Waals surface area contributed by atoms with Crippen molar-refractivity contribution >= 4 is 36.7 Å². The molecule has 0 fully saturated rings. The first-order valence-corrected chi connectivity index (χ1v) is 14.6. The summed E-state index contributed by atoms with van der Waals surface area (Å²) in [5.74, 6) is 0. The van der Waals surface area contributed by atoms with E-state index in [-0.39, 0.29) is 11.1 Å². The van der Waals surface area contributed by atoms with Gasteiger partial charge in [0.05, 0.1) is 29.7 Å². The van der Waals surface area contributed by atoms with E-state index in [0.29, 0.717) is 18.8 Å². The molecule has 8 heteroatoms. The van der Waals surface area contributed by atoms with Crippen LogP contribution in [0, 0.1) is 0 Å². The molecular formula is C25H42N4O3Si. The van der Waals surface area contributed by atoms with Crippen LogP contribution in [-0.2, 0) is 9.16 Å². The van der Waals surface area contributed by atoms with Crippen molar-refractivity contribution in [2.45, 2.75) is 84.2 Å². The lowest BCUT2D eigenvalue weighted by molar-refractivity contribution is 0.0526. The summed E-state index contributed by atoms with van der Waals surface area (Å²) in [6.07, 6.45) is 2.88. The first-order chi connectivity index (χ1) is 15.2. The van der Waals surface area contributed by atoms with Crippen LogP contribution in [-0.4, -0.2) is 44.2 Å². The zero-order valence-corrected chi connectivity index (χ0v) is 22.5. The maximum Gasteiger partial charge on any atom is 0.407 e. The van der Waals surface area contributed by atoms with Crippen LogP contribution in [0.1, 0.15) is 54.4 Å². The third-order valence-electron chi connectivity index (χ3n) is 6.00. The average Bonchev–Trinajstić information content (AvgIpc) is 2.68. The fraction of sp³-hybridized carbons (Fsp3) is 0.600. The average molecular weight is 475 g/mol. The van der Waals surface area contributed by atoms with Gasteiger partial charge < -0.3 is 25.5 Å². The minimum Gasteiger partial charge on any atom is -0.444 e. The summed E-state index contributed by atoms with van der Waals surface area (Å²) in [5.41, 5.74) is 8.18. The molecule has 1 atom stereocenters. The molecule has 0 bridgehead atoms. The van der Waals surface area contributed by atoms with Crippen molar-refractivity contribution in [2.24, 2.45) is 0 Å². The molecule has 1 unspecified atom stereocenters. The summed E-state index contributed by atoms with van der Waals surface area (Å²) in [4.78, 5) is 16.4. The van der Waals surface area contributed by atoms with Gasteiger partial charge in [-0.05, 0) is 57.8 Å². The predicted molar refractivity (Wildman–Crippen MR) is 140 cm³/mol. The second kappa shape index (κ2) is 10.7. The number of ether oxygens (including phenoxy) is 1. The van der Waals surface area contributed by atoms with Gasteiger partial charge in [0, 0.05) is 18.0 Å². The number of nitrogens with zero attached hydrogens (tertiary/aromatic N) is 1. The summed E-state index contributed by atoms with van der Waals surface area (Å²) in [6, 6.07) is 7.99. The van der Waals surface area contributed by atoms with E-state index >= 15 is 0 Å². The van der Waals surface area contributed by atoms with Crippen molar-refractivity contribution in [1.82, 2.24) is 10.3 Å². The quantitative estimate of drug-likeness (QED) is 0.308. The van der Waals surface area contributed by atoms with E-state index in [4.69, 9.17) is 14.9 Å². The molecule has 0 saturated heterocycles. The number of alkyl carbamates (subject to hydrolysis) is 1. The highest BCUT2D eigenvalue weighted by Crippen LogP contribution is 2.37. The molecule has 33 heavy (non-hydrogen) atoms. The highest BCUT2D eigenvalue weighted by atomic mass is 28.4. The van der Waals surface area contributed by atoms with E-state index in [2.05, 4.69) is 49.5 Å². The third kappa shape index (κ3) is 8.19. The Morgan fingerprint density at radius 1 is 1.15 bits per heavy atom. The van der Waals surface area contributed by atoms with Crippen LogP contribution in [0.4, 0.5) is 16.2 Å². The number of hydrogen-bond acceptors (Lipinski definition) is 6. The molecule has 1 aromatic heterocycles. The number of pyridine rings is 1. The second-order valence-corrected chi connectivity index (χ2v) is 15.9. The Kier molecular flexibility index (Phi) is 8.76. The molecule has 0 aliphatic heterocycles. The number of nitrogens with two attached hydrogens (primary N) is 1. The Balaban J connectivity index is 2.11. The third-order valence-corrected chi connectivity index (χ3v) is 10.5. The number of fused-ring (bicyclic) bond motifs is 1. The Morgan fingerprint density at radius 3 is 2.45 bits per heavy atom. The van der Waals surface area contributed by atoms with Gasteiger partial charge in [0.1, 0.15) is 5.60 Å². The zero-order chi connectivity index (χ0) is 24.9. The lowest BCUT2D eigenvalue weighted by Crippen LogP contribution is -2.44. The molecule has 4 N–H and O–H groups in total. The fourth-order valence-electron chi connectivity index (χ4n) is 3.10. The number of carbonyl (C=O) groups excluding carboxylic acids is 1. The van der Waals surface area contributed by atoms with E-state index < -0.39 is 20.0 Å². The van der Waals surface area contributed by atoms with Crippen molar-refractivity contribution in [3.05, 3.63) is 30.5 Å². The van der Waals surface area contributed by atoms with Crippen LogP contribution in [0.25, 0.3) is 10.9 Å². The van der Waals surface area contributed by atoms with Crippen molar-refractivity contribution < 1.29 is 14.0 Å². The monoisotopic (exact) mass is 474 g/mol. The summed E-state index contributed by atoms with van der Waals surface area (Å²) >= 11 is 0. The van der Waals surface area contributed by atoms with Gasteiger partial charge in [0.25, 0.3) is 0 Å². The molecule has 1 heterocycles. The molecule has 7 nitrogen and oxygen atoms in total. The van der Waals surface area contributed by atoms with Gasteiger partial charge in [0.2, 0.25) is 0 Å². The number of anilines is 2. The van der Waals surface area contributed by atoms with Crippen molar-refractivity contribution in [3.63, 3.8) is 0 Å². The molecular weight excluding hydrogens is 432 g/mol. The molecule has 0 aliphatic carbocycles. The van der Waals surface area contributed by atoms with Crippen LogP contribution >= 0.6 is 0 Å². The zero-order valence-electron chi connectivity index (χ0n) is 21.5. The molecule has 184 valence electrons. The van der Waals surface area contributed by atoms with Gasteiger partial charge >= 0.3 is 6.09 Å². The molecule has 0 aliphatic rings. The first-order valence-electron chi connectivity index (χ1n) is 11.7. The number of para-hydroxylation sites is 1. The highest BCUT2D eigenvalue weighted by molar-refractivity contribution is 6.74. The lowest BCUT2D eigenvalue weighted by atomic mass is 10.1. The largest absolute Gasteiger partial charge is 0.444 e. The van der Waals surface area contributed by atoms with Gasteiger partial charge in [-0.25, -0.2) is 4.79 Å². The van der Waals surface area contributed by atoms with Gasteiger partial charge in [-0.1, -0.05) is 39.0 Å². The Labute approximate surface area is 200 Å². The smallest absolute Gasteiger partial charge is 0.407 e. The van der Waals surface area contributed by atoms with Crippen LogP contribution in [0.15, 0.2) is 30.5 Å². The van der Waals surface area contributed by atoms with E-state index in [1.54, 1.807) is 6.20 Å². The number of benzene rings is 1. The van der Waals surface area contributed by atoms with Crippen LogP contribution in [0.3, 0.4) is 0 Å². The van der Waals surface area contributed by atoms with E-state index in [0.717, 1.165) is 29.4 Å². The van der Waals surface area contributed by atoms with Crippen LogP contribution in [0.5, 0.6) is 0 Å². The number of nitrogen functional groups attached to an aromatic ring is 1. The first kappa shape index (κ1) is 26.9. The summed E-state index contributed by atoms with van der Waals surface area (Å²) in [5, 5.41) is 7.58. The van der Waals surface area contributed by atoms with Gasteiger partial charge in [-0.2, -0.15) is 0 Å². The Hall–Kier alpha value is -2.32. The normalized spacial score (nSPS) is 13.6. The lowest BCUT2D eigenvalue weighted by Gasteiger charge is -2.37. The molecule has 0 radical (unpaired) electrons. The predicted octanol–water partition coefficient (Wildman–Crippen LogP) is 5.92. The maximum absolute atomic E-state index is 12.0. The van der Waals surface area contributed by atoms with Gasteiger partial charge in [-0.15, -0.1) is 0 Å². The topological polar surface area (TPSA) is 98.5 Å². The van der Waals surface area contributed by atoms with Crippen molar-refractivity contribution in [2.75, 3.05) is 24.2 Å². The molecule has 1 aromatic carbocycles. The number of amides is 1. The molecule has 2 aromatic rings. The molecule has 0 saturated carbocycles. The molecule has 1 amide bonds. The summed E-state index contributed by atoms with van der Waals surface area (Å²) < 4.78 is 11.9. The second-order valence-electron chi connectivity index (χ2n) is 11.1. The standard InChI is InChI=1S/C25H42N4O3Si/c1-24(2,3)32-23(30)27-15-11-12-18(17-31-33(7,8)25(4,5)6)29-22-19-13-9-10-14-21(19)28-16-20(22)26/h9-10,13-14,16,18H,11-12,15,17,26H2,1-8H3,(H,27,30)(H,28,29). The van der Waals surface area contributed by atoms with E-state index in [1.165, 1.54) is 0 Å². The minimum atomic E-state index is -1.92. The van der Waals surface area contributed by atoms with Crippen LogP contribution < -0.4 is 16.4 Å². The highest BCUT2D eigenvalue weighted by Gasteiger charge is 2.37. The number of aromatic nitrogens is 1. The summed E-state index contributed by atoms with van der Waals surface area (Å²) in [7, 11) is -1.92. The number of carbonyl (C=O) groups is 1. The summed E-state index contributed by atoms with van der Waals surface area (Å²) in [6.45, 7) is 17.9. The van der Waals surface area contributed by atoms with Crippen LogP contribution in [0.2, 0.25) is 18.1 Å². The number of nitrogens with one attached hydrogen (secondary N) is 2. The van der Waals surface area contributed by atoms with E-state index in [9.17, 15) is 4.79 Å². The van der Waals surface area contributed by atoms with Crippen molar-refractivity contribution in [1.29, 1.82) is 0 Å². The van der Waals surface area contributed by atoms with Gasteiger partial charge in [-0.3, -0.25) is 4.98 Å². The van der Waals surface area contributed by atoms with E-state index in [1.807, 2.05) is 45.0 Å². The number of rotatable bonds is 9. The van der Waals surface area contributed by atoms with Gasteiger partial charge in [0.15, 0.2) is 8.32 Å². The SMILES string of the molecule is CC(C)(C)OC(=O)NCCCC(CO[Si](C)(C)C(C)(C)C)Nc1c(N)cnc2ccccc12. The fourth-order valence-corrected chi connectivity index (χ4v) is 4.15. The Morgan fingerprint density at radius 2 is 1.82 bits per heavy atom. The maximum atomic E-state index is 12.0.